The SMILES string of the molecule is CC=CCC=CC=CCCCC(=O)OC(C)(C)C. The van der Waals surface area contributed by atoms with Crippen LogP contribution in [0.1, 0.15) is 53.4 Å². The molecule has 0 N–H and O–H groups in total. The molecule has 102 valence electrons. The second kappa shape index (κ2) is 9.69. The van der Waals surface area contributed by atoms with Crippen molar-refractivity contribution in [2.45, 2.75) is 59.0 Å². The first-order valence-electron chi connectivity index (χ1n) is 6.60. The fourth-order valence-corrected chi connectivity index (χ4v) is 1.30. The van der Waals surface area contributed by atoms with Gasteiger partial charge in [0, 0.05) is 6.42 Å². The van der Waals surface area contributed by atoms with Crippen LogP contribution in [0, 0.1) is 0 Å². The molecule has 0 heterocycles. The van der Waals surface area contributed by atoms with E-state index >= 15 is 0 Å². The molecule has 0 bridgehead atoms. The Morgan fingerprint density at radius 3 is 2.39 bits per heavy atom. The number of hydrogen-bond acceptors (Lipinski definition) is 2. The zero-order chi connectivity index (χ0) is 13.9. The maximum Gasteiger partial charge on any atom is 0.306 e. The first-order valence-corrected chi connectivity index (χ1v) is 6.60. The van der Waals surface area contributed by atoms with Crippen molar-refractivity contribution in [3.05, 3.63) is 36.5 Å². The normalized spacial score (nSPS) is 12.9. The summed E-state index contributed by atoms with van der Waals surface area (Å²) in [7, 11) is 0. The molecule has 0 radical (unpaired) electrons. The number of allylic oxidation sites excluding steroid dienone is 6. The third-order valence-electron chi connectivity index (χ3n) is 2.06. The number of esters is 1. The Morgan fingerprint density at radius 2 is 1.78 bits per heavy atom. The van der Waals surface area contributed by atoms with E-state index in [1.807, 2.05) is 45.9 Å². The molecule has 0 aromatic heterocycles. The molecule has 18 heavy (non-hydrogen) atoms. The smallest absolute Gasteiger partial charge is 0.306 e. The van der Waals surface area contributed by atoms with Crippen LogP contribution in [0.3, 0.4) is 0 Å². The van der Waals surface area contributed by atoms with Gasteiger partial charge in [-0.1, -0.05) is 36.5 Å². The maximum atomic E-state index is 11.4. The van der Waals surface area contributed by atoms with Crippen molar-refractivity contribution >= 4 is 5.97 Å². The lowest BCUT2D eigenvalue weighted by atomic mass is 10.2. The molecular weight excluding hydrogens is 224 g/mol. The largest absolute Gasteiger partial charge is 0.460 e. The van der Waals surface area contributed by atoms with E-state index in [1.54, 1.807) is 0 Å². The van der Waals surface area contributed by atoms with E-state index in [0.29, 0.717) is 6.42 Å². The molecule has 0 fully saturated rings. The Hall–Kier alpha value is -1.31. The summed E-state index contributed by atoms with van der Waals surface area (Å²) in [6.45, 7) is 7.68. The van der Waals surface area contributed by atoms with E-state index in [-0.39, 0.29) is 11.6 Å². The monoisotopic (exact) mass is 250 g/mol. The number of carbonyl (C=O) groups excluding carboxylic acids is 1. The predicted octanol–water partition coefficient (Wildman–Crippen LogP) is 4.58. The fraction of sp³-hybridized carbons (Fsp3) is 0.562. The van der Waals surface area contributed by atoms with Gasteiger partial charge in [0.05, 0.1) is 0 Å². The molecule has 0 amide bonds. The van der Waals surface area contributed by atoms with E-state index in [9.17, 15) is 4.79 Å². The van der Waals surface area contributed by atoms with E-state index in [1.165, 1.54) is 0 Å². The molecule has 0 atom stereocenters. The second-order valence-electron chi connectivity index (χ2n) is 5.14. The van der Waals surface area contributed by atoms with Crippen LogP contribution in [0.2, 0.25) is 0 Å². The van der Waals surface area contributed by atoms with Gasteiger partial charge in [-0.05, 0) is 47.0 Å². The Balaban J connectivity index is 3.58. The quantitative estimate of drug-likeness (QED) is 0.286. The Bertz CT molecular complexity index is 304. The second-order valence-corrected chi connectivity index (χ2v) is 5.14. The molecule has 0 aliphatic carbocycles. The highest BCUT2D eigenvalue weighted by atomic mass is 16.6. The molecule has 0 aromatic carbocycles. The molecule has 0 spiro atoms. The van der Waals surface area contributed by atoms with Gasteiger partial charge < -0.3 is 4.74 Å². The summed E-state index contributed by atoms with van der Waals surface area (Å²) in [6, 6.07) is 0. The van der Waals surface area contributed by atoms with E-state index in [4.69, 9.17) is 4.74 Å². The lowest BCUT2D eigenvalue weighted by molar-refractivity contribution is -0.154. The van der Waals surface area contributed by atoms with Crippen molar-refractivity contribution in [3.63, 3.8) is 0 Å². The molecule has 2 nitrogen and oxygen atoms in total. The van der Waals surface area contributed by atoms with E-state index < -0.39 is 0 Å². The van der Waals surface area contributed by atoms with Gasteiger partial charge in [0.25, 0.3) is 0 Å². The number of hydrogen-bond donors (Lipinski definition) is 0. The van der Waals surface area contributed by atoms with Crippen molar-refractivity contribution in [3.8, 4) is 0 Å². The van der Waals surface area contributed by atoms with Gasteiger partial charge in [-0.2, -0.15) is 0 Å². The highest BCUT2D eigenvalue weighted by Gasteiger charge is 2.15. The Kier molecular flexibility index (Phi) is 8.99. The summed E-state index contributed by atoms with van der Waals surface area (Å²) in [6.07, 6.45) is 15.6. The summed E-state index contributed by atoms with van der Waals surface area (Å²) in [5.74, 6) is -0.112. The third kappa shape index (κ3) is 12.8. The summed E-state index contributed by atoms with van der Waals surface area (Å²) in [4.78, 5) is 11.4. The van der Waals surface area contributed by atoms with Gasteiger partial charge in [0.2, 0.25) is 0 Å². The number of rotatable bonds is 7. The van der Waals surface area contributed by atoms with Crippen LogP contribution in [-0.2, 0) is 9.53 Å². The molecular formula is C16H26O2. The summed E-state index contributed by atoms with van der Waals surface area (Å²) < 4.78 is 5.23. The average molecular weight is 250 g/mol. The minimum absolute atomic E-state index is 0.112. The molecule has 0 aliphatic heterocycles. The topological polar surface area (TPSA) is 26.3 Å². The Morgan fingerprint density at radius 1 is 1.11 bits per heavy atom. The minimum Gasteiger partial charge on any atom is -0.460 e. The molecule has 0 rings (SSSR count). The van der Waals surface area contributed by atoms with E-state index in [0.717, 1.165) is 19.3 Å². The minimum atomic E-state index is -0.373. The van der Waals surface area contributed by atoms with Crippen LogP contribution in [0.4, 0.5) is 0 Å². The van der Waals surface area contributed by atoms with E-state index in [2.05, 4.69) is 18.2 Å². The highest BCUT2D eigenvalue weighted by Crippen LogP contribution is 2.09. The van der Waals surface area contributed by atoms with Gasteiger partial charge in [-0.3, -0.25) is 4.79 Å². The number of ether oxygens (including phenoxy) is 1. The maximum absolute atomic E-state index is 11.4. The third-order valence-corrected chi connectivity index (χ3v) is 2.06. The van der Waals surface area contributed by atoms with Crippen LogP contribution in [0.15, 0.2) is 36.5 Å². The Labute approximate surface area is 111 Å². The molecule has 0 aliphatic rings. The van der Waals surface area contributed by atoms with Crippen LogP contribution >= 0.6 is 0 Å². The molecule has 2 heteroatoms. The van der Waals surface area contributed by atoms with Crippen LogP contribution in [0.25, 0.3) is 0 Å². The zero-order valence-electron chi connectivity index (χ0n) is 12.1. The number of carbonyl (C=O) groups is 1. The lowest BCUT2D eigenvalue weighted by Gasteiger charge is -2.19. The molecule has 0 aromatic rings. The highest BCUT2D eigenvalue weighted by molar-refractivity contribution is 5.69. The fourth-order valence-electron chi connectivity index (χ4n) is 1.30. The lowest BCUT2D eigenvalue weighted by Crippen LogP contribution is -2.23. The van der Waals surface area contributed by atoms with Crippen molar-refractivity contribution in [2.75, 3.05) is 0 Å². The van der Waals surface area contributed by atoms with Gasteiger partial charge >= 0.3 is 5.97 Å². The average Bonchev–Trinajstić information content (AvgIpc) is 2.24. The van der Waals surface area contributed by atoms with Gasteiger partial charge in [0.1, 0.15) is 5.60 Å². The van der Waals surface area contributed by atoms with Gasteiger partial charge in [-0.25, -0.2) is 0 Å². The van der Waals surface area contributed by atoms with Crippen LogP contribution in [0.5, 0.6) is 0 Å². The summed E-state index contributed by atoms with van der Waals surface area (Å²) >= 11 is 0. The molecule has 0 saturated carbocycles. The summed E-state index contributed by atoms with van der Waals surface area (Å²) in [5, 5.41) is 0. The predicted molar refractivity (Wildman–Crippen MR) is 77.4 cm³/mol. The van der Waals surface area contributed by atoms with Crippen molar-refractivity contribution in [1.29, 1.82) is 0 Å². The van der Waals surface area contributed by atoms with Crippen molar-refractivity contribution in [2.24, 2.45) is 0 Å². The zero-order valence-corrected chi connectivity index (χ0v) is 12.1. The van der Waals surface area contributed by atoms with Crippen LogP contribution in [-0.4, -0.2) is 11.6 Å². The first-order chi connectivity index (χ1) is 8.45. The first kappa shape index (κ1) is 16.7. The van der Waals surface area contributed by atoms with Gasteiger partial charge in [0.15, 0.2) is 0 Å². The van der Waals surface area contributed by atoms with Crippen molar-refractivity contribution < 1.29 is 9.53 Å². The summed E-state index contributed by atoms with van der Waals surface area (Å²) in [5.41, 5.74) is -0.373. The molecule has 0 saturated heterocycles. The van der Waals surface area contributed by atoms with Gasteiger partial charge in [-0.15, -0.1) is 0 Å². The van der Waals surface area contributed by atoms with Crippen LogP contribution < -0.4 is 0 Å². The standard InChI is InChI=1S/C16H26O2/c1-5-6-7-8-9-10-11-12-13-14-15(17)18-16(2,3)4/h5-6,8-11H,7,12-14H2,1-4H3. The molecule has 0 unspecified atom stereocenters. The number of unbranched alkanes of at least 4 members (excludes halogenated alkanes) is 1. The van der Waals surface area contributed by atoms with Crippen molar-refractivity contribution in [1.82, 2.24) is 0 Å².